The summed E-state index contributed by atoms with van der Waals surface area (Å²) in [5.74, 6) is 1.20. The van der Waals surface area contributed by atoms with E-state index in [0.717, 1.165) is 31.8 Å². The van der Waals surface area contributed by atoms with Crippen molar-refractivity contribution in [2.45, 2.75) is 20.8 Å². The molecule has 0 radical (unpaired) electrons. The first-order valence-corrected chi connectivity index (χ1v) is 5.70. The molecule has 3 nitrogen and oxygen atoms in total. The highest BCUT2D eigenvalue weighted by Gasteiger charge is 2.09. The van der Waals surface area contributed by atoms with Crippen molar-refractivity contribution in [3.63, 3.8) is 0 Å². The average Bonchev–Trinajstić information content (AvgIpc) is 2.15. The Balaban J connectivity index is 3.33. The number of nitrogens with two attached hydrogens (primary N) is 1. The van der Waals surface area contributed by atoms with Gasteiger partial charge in [-0.25, -0.2) is 0 Å². The van der Waals surface area contributed by atoms with Crippen LogP contribution in [0.4, 0.5) is 0 Å². The Morgan fingerprint density at radius 2 is 2.13 bits per heavy atom. The lowest BCUT2D eigenvalue weighted by molar-refractivity contribution is 0.156. The van der Waals surface area contributed by atoms with E-state index in [1.165, 1.54) is 0 Å². The van der Waals surface area contributed by atoms with E-state index in [4.69, 9.17) is 10.5 Å². The first kappa shape index (κ1) is 14.6. The van der Waals surface area contributed by atoms with Crippen LogP contribution < -0.4 is 11.1 Å². The molecule has 0 aliphatic rings. The zero-order chi connectivity index (χ0) is 11.7. The van der Waals surface area contributed by atoms with Crippen LogP contribution in [-0.4, -0.2) is 32.8 Å². The van der Waals surface area contributed by atoms with Crippen LogP contribution >= 0.6 is 0 Å². The molecule has 0 aromatic carbocycles. The topological polar surface area (TPSA) is 47.3 Å². The standard InChI is InChI=1S/C12H26N2O/c1-10(2)9-15-6-5-14-8-12(7-13)11(3)4/h11-12,14H,1,5-9,13H2,2-4H3. The molecule has 3 heteroatoms. The van der Waals surface area contributed by atoms with Gasteiger partial charge in [0.1, 0.15) is 0 Å². The fraction of sp³-hybridized carbons (Fsp3) is 0.833. The lowest BCUT2D eigenvalue weighted by Gasteiger charge is -2.19. The van der Waals surface area contributed by atoms with Crippen molar-refractivity contribution in [2.24, 2.45) is 17.6 Å². The van der Waals surface area contributed by atoms with E-state index in [1.807, 2.05) is 6.92 Å². The lowest BCUT2D eigenvalue weighted by Crippen LogP contribution is -2.33. The average molecular weight is 214 g/mol. The van der Waals surface area contributed by atoms with Gasteiger partial charge in [0.2, 0.25) is 0 Å². The molecule has 90 valence electrons. The summed E-state index contributed by atoms with van der Waals surface area (Å²) >= 11 is 0. The van der Waals surface area contributed by atoms with Gasteiger partial charge < -0.3 is 15.8 Å². The molecule has 0 aromatic heterocycles. The molecule has 0 fully saturated rings. The molecule has 0 heterocycles. The van der Waals surface area contributed by atoms with E-state index >= 15 is 0 Å². The number of rotatable bonds is 9. The van der Waals surface area contributed by atoms with Crippen LogP contribution in [0.2, 0.25) is 0 Å². The summed E-state index contributed by atoms with van der Waals surface area (Å²) in [6.07, 6.45) is 0. The molecule has 3 N–H and O–H groups in total. The predicted molar refractivity (Wildman–Crippen MR) is 65.9 cm³/mol. The van der Waals surface area contributed by atoms with Crippen LogP contribution in [0.3, 0.4) is 0 Å². The summed E-state index contributed by atoms with van der Waals surface area (Å²) in [5, 5.41) is 3.36. The van der Waals surface area contributed by atoms with Gasteiger partial charge in [0.05, 0.1) is 13.2 Å². The van der Waals surface area contributed by atoms with Crippen LogP contribution in [0.5, 0.6) is 0 Å². The van der Waals surface area contributed by atoms with Crippen LogP contribution in [0.1, 0.15) is 20.8 Å². The molecule has 0 bridgehead atoms. The summed E-state index contributed by atoms with van der Waals surface area (Å²) < 4.78 is 5.38. The Morgan fingerprint density at radius 1 is 1.47 bits per heavy atom. The van der Waals surface area contributed by atoms with Crippen LogP contribution in [0.15, 0.2) is 12.2 Å². The molecule has 1 atom stereocenters. The van der Waals surface area contributed by atoms with Gasteiger partial charge in [0.15, 0.2) is 0 Å². The maximum absolute atomic E-state index is 5.67. The van der Waals surface area contributed by atoms with Crippen LogP contribution in [0, 0.1) is 11.8 Å². The molecule has 0 aliphatic heterocycles. The fourth-order valence-corrected chi connectivity index (χ4v) is 1.27. The minimum absolute atomic E-state index is 0.561. The van der Waals surface area contributed by atoms with Gasteiger partial charge in [-0.2, -0.15) is 0 Å². The van der Waals surface area contributed by atoms with Gasteiger partial charge in [-0.3, -0.25) is 0 Å². The highest BCUT2D eigenvalue weighted by atomic mass is 16.5. The van der Waals surface area contributed by atoms with Crippen molar-refractivity contribution in [1.29, 1.82) is 0 Å². The van der Waals surface area contributed by atoms with Gasteiger partial charge >= 0.3 is 0 Å². The SMILES string of the molecule is C=C(C)COCCNCC(CN)C(C)C. The molecule has 0 saturated carbocycles. The highest BCUT2D eigenvalue weighted by Crippen LogP contribution is 2.06. The van der Waals surface area contributed by atoms with Crippen molar-refractivity contribution < 1.29 is 4.74 Å². The first-order chi connectivity index (χ1) is 7.07. The second-order valence-electron chi connectivity index (χ2n) is 4.45. The van der Waals surface area contributed by atoms with E-state index in [9.17, 15) is 0 Å². The minimum Gasteiger partial charge on any atom is -0.376 e. The second kappa shape index (κ2) is 8.89. The van der Waals surface area contributed by atoms with Crippen molar-refractivity contribution in [2.75, 3.05) is 32.8 Å². The molecule has 1 unspecified atom stereocenters. The number of nitrogens with one attached hydrogen (secondary N) is 1. The van der Waals surface area contributed by atoms with Crippen molar-refractivity contribution in [1.82, 2.24) is 5.32 Å². The maximum atomic E-state index is 5.67. The molecule has 0 saturated heterocycles. The maximum Gasteiger partial charge on any atom is 0.0672 e. The molecule has 0 aromatic rings. The normalized spacial score (nSPS) is 13.1. The Bertz CT molecular complexity index is 169. The van der Waals surface area contributed by atoms with Gasteiger partial charge in [-0.15, -0.1) is 0 Å². The van der Waals surface area contributed by atoms with E-state index < -0.39 is 0 Å². The first-order valence-electron chi connectivity index (χ1n) is 5.70. The van der Waals surface area contributed by atoms with Gasteiger partial charge in [-0.05, 0) is 31.8 Å². The van der Waals surface area contributed by atoms with Crippen LogP contribution in [0.25, 0.3) is 0 Å². The van der Waals surface area contributed by atoms with Crippen LogP contribution in [-0.2, 0) is 4.74 Å². The Kier molecular flexibility index (Phi) is 8.67. The number of ether oxygens (including phenoxy) is 1. The zero-order valence-corrected chi connectivity index (χ0v) is 10.4. The summed E-state index contributed by atoms with van der Waals surface area (Å²) in [7, 11) is 0. The molecule has 15 heavy (non-hydrogen) atoms. The molecule has 0 aliphatic carbocycles. The Labute approximate surface area is 94.1 Å². The second-order valence-corrected chi connectivity index (χ2v) is 4.45. The largest absolute Gasteiger partial charge is 0.376 e. The lowest BCUT2D eigenvalue weighted by atomic mass is 9.96. The fourth-order valence-electron chi connectivity index (χ4n) is 1.27. The third kappa shape index (κ3) is 8.60. The summed E-state index contributed by atoms with van der Waals surface area (Å²) in [5.41, 5.74) is 6.74. The van der Waals surface area contributed by atoms with Crippen molar-refractivity contribution >= 4 is 0 Å². The van der Waals surface area contributed by atoms with Crippen molar-refractivity contribution in [3.8, 4) is 0 Å². The quantitative estimate of drug-likeness (QED) is 0.450. The van der Waals surface area contributed by atoms with Gasteiger partial charge in [0.25, 0.3) is 0 Å². The molecule has 0 spiro atoms. The third-order valence-corrected chi connectivity index (χ3v) is 2.42. The van der Waals surface area contributed by atoms with E-state index in [1.54, 1.807) is 0 Å². The third-order valence-electron chi connectivity index (χ3n) is 2.42. The summed E-state index contributed by atoms with van der Waals surface area (Å²) in [4.78, 5) is 0. The zero-order valence-electron chi connectivity index (χ0n) is 10.4. The Hall–Kier alpha value is -0.380. The molecular formula is C12H26N2O. The van der Waals surface area contributed by atoms with E-state index in [2.05, 4.69) is 25.7 Å². The van der Waals surface area contributed by atoms with Gasteiger partial charge in [-0.1, -0.05) is 26.0 Å². The Morgan fingerprint density at radius 3 is 2.60 bits per heavy atom. The van der Waals surface area contributed by atoms with Gasteiger partial charge in [0, 0.05) is 6.54 Å². The smallest absolute Gasteiger partial charge is 0.0672 e. The van der Waals surface area contributed by atoms with E-state index in [0.29, 0.717) is 18.4 Å². The highest BCUT2D eigenvalue weighted by molar-refractivity contribution is 4.87. The summed E-state index contributed by atoms with van der Waals surface area (Å²) in [6, 6.07) is 0. The number of hydrogen-bond donors (Lipinski definition) is 2. The van der Waals surface area contributed by atoms with Crippen molar-refractivity contribution in [3.05, 3.63) is 12.2 Å². The minimum atomic E-state index is 0.561. The predicted octanol–water partition coefficient (Wildman–Crippen LogP) is 1.40. The molecule has 0 amide bonds. The summed E-state index contributed by atoms with van der Waals surface area (Å²) in [6.45, 7) is 14.2. The monoisotopic (exact) mass is 214 g/mol. The van der Waals surface area contributed by atoms with E-state index in [-0.39, 0.29) is 0 Å². The molecular weight excluding hydrogens is 188 g/mol. The molecule has 0 rings (SSSR count). The number of hydrogen-bond acceptors (Lipinski definition) is 3.